The quantitative estimate of drug-likeness (QED) is 0.331. The Hall–Kier alpha value is -3.72. The molecule has 3 aromatic rings. The molecule has 0 amide bonds. The number of alkyl halides is 3. The molecule has 5 rings (SSSR count). The van der Waals surface area contributed by atoms with E-state index in [9.17, 15) is 22.8 Å². The lowest BCUT2D eigenvalue weighted by atomic mass is 9.95. The first kappa shape index (κ1) is 25.9. The molecule has 38 heavy (non-hydrogen) atoms. The number of nitrogen functional groups attached to an aromatic ring is 1. The average Bonchev–Trinajstić information content (AvgIpc) is 3.63. The van der Waals surface area contributed by atoms with Crippen LogP contribution in [0.2, 0.25) is 0 Å². The number of aromatic nitrogens is 4. The van der Waals surface area contributed by atoms with E-state index < -0.39 is 17.6 Å². The van der Waals surface area contributed by atoms with Crippen LogP contribution < -0.4 is 16.0 Å². The minimum atomic E-state index is -4.79. The van der Waals surface area contributed by atoms with Crippen LogP contribution in [0.3, 0.4) is 0 Å². The Morgan fingerprint density at radius 3 is 2.58 bits per heavy atom. The van der Waals surface area contributed by atoms with E-state index in [-0.39, 0.29) is 17.4 Å². The Bertz CT molecular complexity index is 1330. The third kappa shape index (κ3) is 5.72. The fourth-order valence-corrected chi connectivity index (χ4v) is 4.86. The molecule has 2 fully saturated rings. The highest BCUT2D eigenvalue weighted by Crippen LogP contribution is 2.36. The van der Waals surface area contributed by atoms with E-state index in [1.807, 2.05) is 9.47 Å². The van der Waals surface area contributed by atoms with Crippen molar-refractivity contribution in [2.24, 2.45) is 5.92 Å². The highest BCUT2D eigenvalue weighted by molar-refractivity contribution is 5.60. The number of nitrogens with zero attached hydrogens (tertiary/aromatic N) is 6. The van der Waals surface area contributed by atoms with Gasteiger partial charge in [-0.3, -0.25) is 0 Å². The predicted molar refractivity (Wildman–Crippen MR) is 134 cm³/mol. The molecule has 1 saturated heterocycles. The topological polar surface area (TPSA) is 109 Å². The van der Waals surface area contributed by atoms with E-state index in [0.717, 1.165) is 30.4 Å². The number of anilines is 2. The smallest absolute Gasteiger partial charge is 0.368 e. The molecule has 0 spiro atoms. The molecular weight excluding hydrogens is 500 g/mol. The molecule has 2 aromatic heterocycles. The summed E-state index contributed by atoms with van der Waals surface area (Å²) in [6.45, 7) is 3.48. The second kappa shape index (κ2) is 10.6. The Balaban J connectivity index is 1.38. The molecule has 0 bridgehead atoms. The second-order valence-electron chi connectivity index (χ2n) is 9.86. The van der Waals surface area contributed by atoms with Crippen molar-refractivity contribution in [1.82, 2.24) is 24.8 Å². The van der Waals surface area contributed by atoms with Gasteiger partial charge >= 0.3 is 6.18 Å². The number of hydrogen-bond donors (Lipinski definition) is 2. The van der Waals surface area contributed by atoms with Crippen molar-refractivity contribution in [3.05, 3.63) is 53.4 Å². The van der Waals surface area contributed by atoms with E-state index in [2.05, 4.69) is 21.4 Å². The SMILES string of the molecule is N#Cc1cnc(N)nc1N1CCC(c2nc(-c3ccc(F)c(C(F)(F)F)c3)cn2CCNCC2CC2)CC1. The summed E-state index contributed by atoms with van der Waals surface area (Å²) in [6.07, 6.45) is 2.27. The maximum Gasteiger partial charge on any atom is 0.419 e. The van der Waals surface area contributed by atoms with E-state index in [4.69, 9.17) is 10.7 Å². The summed E-state index contributed by atoms with van der Waals surface area (Å²) in [5.41, 5.74) is 5.38. The zero-order valence-corrected chi connectivity index (χ0v) is 20.7. The van der Waals surface area contributed by atoms with Crippen LogP contribution in [0.25, 0.3) is 11.3 Å². The number of halogens is 4. The summed E-state index contributed by atoms with van der Waals surface area (Å²) in [5.74, 6) is 0.852. The van der Waals surface area contributed by atoms with E-state index in [1.165, 1.54) is 25.1 Å². The Kier molecular flexibility index (Phi) is 7.21. The molecule has 0 radical (unpaired) electrons. The molecule has 200 valence electrons. The zero-order valence-electron chi connectivity index (χ0n) is 20.7. The normalized spacial score (nSPS) is 16.6. The molecule has 0 unspecified atom stereocenters. The van der Waals surface area contributed by atoms with Crippen LogP contribution in [0.4, 0.5) is 29.3 Å². The van der Waals surface area contributed by atoms with Crippen LogP contribution in [-0.2, 0) is 12.7 Å². The van der Waals surface area contributed by atoms with Crippen molar-refractivity contribution in [1.29, 1.82) is 5.26 Å². The van der Waals surface area contributed by atoms with Crippen LogP contribution in [-0.4, -0.2) is 45.7 Å². The minimum absolute atomic E-state index is 0.0516. The highest BCUT2D eigenvalue weighted by atomic mass is 19.4. The fraction of sp³-hybridized carbons (Fsp3) is 0.462. The van der Waals surface area contributed by atoms with Gasteiger partial charge in [0.1, 0.15) is 23.3 Å². The predicted octanol–water partition coefficient (Wildman–Crippen LogP) is 4.34. The molecule has 1 saturated carbocycles. The molecule has 2 aliphatic rings. The van der Waals surface area contributed by atoms with Gasteiger partial charge in [0.05, 0.1) is 17.5 Å². The van der Waals surface area contributed by atoms with Gasteiger partial charge in [0, 0.05) is 43.9 Å². The van der Waals surface area contributed by atoms with Crippen LogP contribution in [0.5, 0.6) is 0 Å². The van der Waals surface area contributed by atoms with E-state index in [1.54, 1.807) is 6.20 Å². The summed E-state index contributed by atoms with van der Waals surface area (Å²) >= 11 is 0. The van der Waals surface area contributed by atoms with Crippen molar-refractivity contribution in [3.8, 4) is 17.3 Å². The second-order valence-corrected chi connectivity index (χ2v) is 9.86. The molecular formula is C26H28F4N8. The highest BCUT2D eigenvalue weighted by Gasteiger charge is 2.35. The first-order valence-electron chi connectivity index (χ1n) is 12.7. The molecule has 1 aliphatic heterocycles. The van der Waals surface area contributed by atoms with Gasteiger partial charge in [-0.2, -0.15) is 23.4 Å². The number of nitrogens with one attached hydrogen (secondary N) is 1. The maximum atomic E-state index is 13.9. The minimum Gasteiger partial charge on any atom is -0.368 e. The van der Waals surface area contributed by atoms with Crippen molar-refractivity contribution < 1.29 is 17.6 Å². The Labute approximate surface area is 217 Å². The van der Waals surface area contributed by atoms with E-state index in [0.29, 0.717) is 56.1 Å². The number of nitriles is 1. The van der Waals surface area contributed by atoms with Crippen molar-refractivity contribution in [2.45, 2.75) is 44.3 Å². The van der Waals surface area contributed by atoms with Gasteiger partial charge < -0.3 is 20.5 Å². The molecule has 3 N–H and O–H groups in total. The van der Waals surface area contributed by atoms with Crippen LogP contribution in [0.15, 0.2) is 30.6 Å². The lowest BCUT2D eigenvalue weighted by Crippen LogP contribution is -2.35. The van der Waals surface area contributed by atoms with Gasteiger partial charge in [0.25, 0.3) is 0 Å². The Morgan fingerprint density at radius 1 is 1.13 bits per heavy atom. The molecule has 0 atom stereocenters. The average molecular weight is 529 g/mol. The number of hydrogen-bond acceptors (Lipinski definition) is 7. The number of benzene rings is 1. The van der Waals surface area contributed by atoms with Crippen molar-refractivity contribution >= 4 is 11.8 Å². The van der Waals surface area contributed by atoms with Gasteiger partial charge in [-0.1, -0.05) is 0 Å². The van der Waals surface area contributed by atoms with Crippen LogP contribution >= 0.6 is 0 Å². The largest absolute Gasteiger partial charge is 0.419 e. The number of nitrogens with two attached hydrogens (primary N) is 1. The number of imidazole rings is 1. The van der Waals surface area contributed by atoms with E-state index >= 15 is 0 Å². The van der Waals surface area contributed by atoms with Gasteiger partial charge in [-0.25, -0.2) is 14.4 Å². The van der Waals surface area contributed by atoms with Gasteiger partial charge in [-0.15, -0.1) is 0 Å². The summed E-state index contributed by atoms with van der Waals surface area (Å²) < 4.78 is 55.9. The number of rotatable bonds is 8. The zero-order chi connectivity index (χ0) is 26.9. The monoisotopic (exact) mass is 528 g/mol. The van der Waals surface area contributed by atoms with Crippen LogP contribution in [0, 0.1) is 23.1 Å². The van der Waals surface area contributed by atoms with Gasteiger partial charge in [-0.05, 0) is 56.3 Å². The first-order chi connectivity index (χ1) is 18.2. The number of piperidine rings is 1. The van der Waals surface area contributed by atoms with Crippen LogP contribution in [0.1, 0.15) is 48.6 Å². The van der Waals surface area contributed by atoms with Crippen molar-refractivity contribution in [3.63, 3.8) is 0 Å². The third-order valence-electron chi connectivity index (χ3n) is 7.10. The van der Waals surface area contributed by atoms with Gasteiger partial charge in [0.15, 0.2) is 5.82 Å². The summed E-state index contributed by atoms with van der Waals surface area (Å²) in [6, 6.07) is 5.09. The summed E-state index contributed by atoms with van der Waals surface area (Å²) in [5, 5.41) is 12.9. The summed E-state index contributed by atoms with van der Waals surface area (Å²) in [4.78, 5) is 14.9. The summed E-state index contributed by atoms with van der Waals surface area (Å²) in [7, 11) is 0. The molecule has 8 nitrogen and oxygen atoms in total. The molecule has 1 aromatic carbocycles. The Morgan fingerprint density at radius 2 is 1.89 bits per heavy atom. The third-order valence-corrected chi connectivity index (χ3v) is 7.10. The van der Waals surface area contributed by atoms with Gasteiger partial charge in [0.2, 0.25) is 5.95 Å². The maximum absolute atomic E-state index is 13.9. The lowest BCUT2D eigenvalue weighted by molar-refractivity contribution is -0.139. The molecule has 3 heterocycles. The lowest BCUT2D eigenvalue weighted by Gasteiger charge is -2.33. The first-order valence-corrected chi connectivity index (χ1v) is 12.7. The van der Waals surface area contributed by atoms with Crippen molar-refractivity contribution in [2.75, 3.05) is 36.8 Å². The molecule has 1 aliphatic carbocycles. The standard InChI is InChI=1S/C26H28F4N8/c27-21-4-3-18(11-20(21)26(28,29)30)22-15-38(10-7-33-13-16-1-2-16)23(35-22)17-5-8-37(9-6-17)24-19(12-31)14-34-25(32)36-24/h3-4,11,14-17,33H,1-2,5-10,13H2,(H2,32,34,36). The molecule has 12 heteroatoms. The fourth-order valence-electron chi connectivity index (χ4n) is 4.86.